The van der Waals surface area contributed by atoms with Crippen molar-refractivity contribution in [2.75, 3.05) is 13.1 Å². The van der Waals surface area contributed by atoms with Crippen LogP contribution >= 0.6 is 11.6 Å². The van der Waals surface area contributed by atoms with Gasteiger partial charge in [-0.1, -0.05) is 29.8 Å². The third-order valence-corrected chi connectivity index (χ3v) is 3.57. The predicted molar refractivity (Wildman–Crippen MR) is 77.6 cm³/mol. The Morgan fingerprint density at radius 1 is 1.50 bits per heavy atom. The largest absolute Gasteiger partial charge is 0.353 e. The van der Waals surface area contributed by atoms with Crippen molar-refractivity contribution in [1.82, 2.24) is 16.0 Å². The summed E-state index contributed by atoms with van der Waals surface area (Å²) in [7, 11) is 0. The number of hydrogen-bond donors (Lipinski definition) is 3. The Kier molecular flexibility index (Phi) is 4.98. The topological polar surface area (TPSA) is 70.2 Å². The zero-order valence-corrected chi connectivity index (χ0v) is 12.0. The SMILES string of the molecule is CC(Cc1ccccc1Cl)NC(=O)C1CNC(=O)CN1. The minimum atomic E-state index is -0.374. The Balaban J connectivity index is 1.85. The molecule has 2 rings (SSSR count). The van der Waals surface area contributed by atoms with Gasteiger partial charge in [-0.3, -0.25) is 14.9 Å². The quantitative estimate of drug-likeness (QED) is 0.756. The van der Waals surface area contributed by atoms with Gasteiger partial charge in [0, 0.05) is 17.6 Å². The minimum absolute atomic E-state index is 0.0261. The van der Waals surface area contributed by atoms with Crippen LogP contribution in [0.25, 0.3) is 0 Å². The molecule has 2 unspecified atom stereocenters. The van der Waals surface area contributed by atoms with Crippen LogP contribution in [0.3, 0.4) is 0 Å². The van der Waals surface area contributed by atoms with Crippen LogP contribution in [0.5, 0.6) is 0 Å². The zero-order valence-electron chi connectivity index (χ0n) is 11.3. The van der Waals surface area contributed by atoms with E-state index in [1.54, 1.807) is 0 Å². The van der Waals surface area contributed by atoms with Gasteiger partial charge >= 0.3 is 0 Å². The van der Waals surface area contributed by atoms with Crippen LogP contribution in [-0.2, 0) is 16.0 Å². The third-order valence-electron chi connectivity index (χ3n) is 3.20. The summed E-state index contributed by atoms with van der Waals surface area (Å²) in [6.45, 7) is 2.43. The molecule has 0 bridgehead atoms. The van der Waals surface area contributed by atoms with Gasteiger partial charge in [0.15, 0.2) is 0 Å². The highest BCUT2D eigenvalue weighted by molar-refractivity contribution is 6.31. The molecule has 0 saturated carbocycles. The number of nitrogens with one attached hydrogen (secondary N) is 3. The van der Waals surface area contributed by atoms with Crippen LogP contribution in [-0.4, -0.2) is 37.0 Å². The van der Waals surface area contributed by atoms with Crippen molar-refractivity contribution in [1.29, 1.82) is 0 Å². The van der Waals surface area contributed by atoms with Gasteiger partial charge in [0.1, 0.15) is 6.04 Å². The monoisotopic (exact) mass is 295 g/mol. The molecule has 1 aliphatic rings. The smallest absolute Gasteiger partial charge is 0.239 e. The molecule has 20 heavy (non-hydrogen) atoms. The molecule has 0 aromatic heterocycles. The molecule has 0 spiro atoms. The number of piperazine rings is 1. The van der Waals surface area contributed by atoms with Crippen LogP contribution in [0.2, 0.25) is 5.02 Å². The van der Waals surface area contributed by atoms with Gasteiger partial charge in [-0.05, 0) is 25.0 Å². The number of rotatable bonds is 4. The standard InChI is InChI=1S/C14H18ClN3O2/c1-9(6-10-4-2-3-5-11(10)15)18-14(20)12-7-17-13(19)8-16-12/h2-5,9,12,16H,6-8H2,1H3,(H,17,19)(H,18,20). The number of carbonyl (C=O) groups is 2. The van der Waals surface area contributed by atoms with Crippen molar-refractivity contribution in [3.05, 3.63) is 34.9 Å². The number of amides is 2. The molecule has 0 aliphatic carbocycles. The van der Waals surface area contributed by atoms with Crippen LogP contribution in [0.4, 0.5) is 0 Å². The summed E-state index contributed by atoms with van der Waals surface area (Å²) in [5.41, 5.74) is 1.01. The van der Waals surface area contributed by atoms with Crippen molar-refractivity contribution in [3.8, 4) is 0 Å². The Hall–Kier alpha value is -1.59. The lowest BCUT2D eigenvalue weighted by Crippen LogP contribution is -2.59. The Bertz CT molecular complexity index is 497. The van der Waals surface area contributed by atoms with Crippen molar-refractivity contribution in [3.63, 3.8) is 0 Å². The summed E-state index contributed by atoms with van der Waals surface area (Å²) in [5, 5.41) is 9.19. The average molecular weight is 296 g/mol. The maximum absolute atomic E-state index is 12.0. The average Bonchev–Trinajstić information content (AvgIpc) is 2.42. The van der Waals surface area contributed by atoms with E-state index in [1.807, 2.05) is 31.2 Å². The van der Waals surface area contributed by atoms with E-state index in [0.29, 0.717) is 18.0 Å². The van der Waals surface area contributed by atoms with E-state index >= 15 is 0 Å². The molecule has 1 aromatic rings. The summed E-state index contributed by atoms with van der Waals surface area (Å²) >= 11 is 6.10. The molecule has 2 amide bonds. The fourth-order valence-electron chi connectivity index (χ4n) is 2.14. The molecule has 108 valence electrons. The van der Waals surface area contributed by atoms with Crippen LogP contribution < -0.4 is 16.0 Å². The van der Waals surface area contributed by atoms with Gasteiger partial charge in [0.2, 0.25) is 11.8 Å². The molecular weight excluding hydrogens is 278 g/mol. The number of hydrogen-bond acceptors (Lipinski definition) is 3. The highest BCUT2D eigenvalue weighted by atomic mass is 35.5. The second kappa shape index (κ2) is 6.72. The molecule has 0 radical (unpaired) electrons. The van der Waals surface area contributed by atoms with Gasteiger partial charge in [0.05, 0.1) is 6.54 Å². The summed E-state index contributed by atoms with van der Waals surface area (Å²) < 4.78 is 0. The molecular formula is C14H18ClN3O2. The van der Waals surface area contributed by atoms with Crippen LogP contribution in [0.1, 0.15) is 12.5 Å². The zero-order chi connectivity index (χ0) is 14.5. The van der Waals surface area contributed by atoms with Crippen LogP contribution in [0.15, 0.2) is 24.3 Å². The number of carbonyl (C=O) groups excluding carboxylic acids is 2. The molecule has 3 N–H and O–H groups in total. The molecule has 1 saturated heterocycles. The first kappa shape index (κ1) is 14.8. The lowest BCUT2D eigenvalue weighted by molar-refractivity contribution is -0.126. The van der Waals surface area contributed by atoms with E-state index in [-0.39, 0.29) is 30.4 Å². The summed E-state index contributed by atoms with van der Waals surface area (Å²) in [6.07, 6.45) is 0.671. The summed E-state index contributed by atoms with van der Waals surface area (Å²) in [6, 6.07) is 7.19. The van der Waals surface area contributed by atoms with Gasteiger partial charge in [0.25, 0.3) is 0 Å². The number of benzene rings is 1. The second-order valence-electron chi connectivity index (χ2n) is 4.94. The van der Waals surface area contributed by atoms with Crippen molar-refractivity contribution in [2.24, 2.45) is 0 Å². The molecule has 1 aliphatic heterocycles. The molecule has 1 heterocycles. The Morgan fingerprint density at radius 2 is 2.25 bits per heavy atom. The van der Waals surface area contributed by atoms with Gasteiger partial charge in [-0.25, -0.2) is 0 Å². The van der Waals surface area contributed by atoms with Crippen molar-refractivity contribution >= 4 is 23.4 Å². The van der Waals surface area contributed by atoms with Crippen molar-refractivity contribution in [2.45, 2.75) is 25.4 Å². The number of halogens is 1. The van der Waals surface area contributed by atoms with Gasteiger partial charge in [-0.2, -0.15) is 0 Å². The fraction of sp³-hybridized carbons (Fsp3) is 0.429. The molecule has 2 atom stereocenters. The van der Waals surface area contributed by atoms with Gasteiger partial charge in [-0.15, -0.1) is 0 Å². The summed E-state index contributed by atoms with van der Waals surface area (Å²) in [5.74, 6) is -0.192. The molecule has 5 nitrogen and oxygen atoms in total. The van der Waals surface area contributed by atoms with E-state index in [0.717, 1.165) is 5.56 Å². The molecule has 1 fully saturated rings. The predicted octanol–water partition coefficient (Wildman–Crippen LogP) is 0.475. The van der Waals surface area contributed by atoms with Crippen molar-refractivity contribution < 1.29 is 9.59 Å². The Labute approximate surface area is 123 Å². The third kappa shape index (κ3) is 3.95. The first-order valence-corrected chi connectivity index (χ1v) is 6.98. The highest BCUT2D eigenvalue weighted by Crippen LogP contribution is 2.16. The summed E-state index contributed by atoms with van der Waals surface area (Å²) in [4.78, 5) is 23.0. The van der Waals surface area contributed by atoms with E-state index in [1.165, 1.54) is 0 Å². The fourth-order valence-corrected chi connectivity index (χ4v) is 2.35. The van der Waals surface area contributed by atoms with E-state index in [2.05, 4.69) is 16.0 Å². The van der Waals surface area contributed by atoms with E-state index in [4.69, 9.17) is 11.6 Å². The second-order valence-corrected chi connectivity index (χ2v) is 5.35. The first-order chi connectivity index (χ1) is 9.56. The van der Waals surface area contributed by atoms with E-state index < -0.39 is 0 Å². The highest BCUT2D eigenvalue weighted by Gasteiger charge is 2.24. The normalized spacial score (nSPS) is 20.1. The Morgan fingerprint density at radius 3 is 2.90 bits per heavy atom. The van der Waals surface area contributed by atoms with Gasteiger partial charge < -0.3 is 10.6 Å². The molecule has 1 aromatic carbocycles. The van der Waals surface area contributed by atoms with E-state index in [9.17, 15) is 9.59 Å². The van der Waals surface area contributed by atoms with Crippen LogP contribution in [0, 0.1) is 0 Å². The lowest BCUT2D eigenvalue weighted by atomic mass is 10.1. The maximum atomic E-state index is 12.0. The molecule has 6 heteroatoms. The lowest BCUT2D eigenvalue weighted by Gasteiger charge is -2.25. The maximum Gasteiger partial charge on any atom is 0.239 e. The first-order valence-electron chi connectivity index (χ1n) is 6.60. The minimum Gasteiger partial charge on any atom is -0.353 e.